The van der Waals surface area contributed by atoms with Crippen molar-refractivity contribution in [1.29, 1.82) is 0 Å². The average Bonchev–Trinajstić information content (AvgIpc) is 2.85. The number of hydrogen-bond acceptors (Lipinski definition) is 5. The molecule has 5 nitrogen and oxygen atoms in total. The van der Waals surface area contributed by atoms with Gasteiger partial charge in [0.05, 0.1) is 5.75 Å². The number of nitrogens with one attached hydrogen (secondary N) is 2. The molecule has 1 aromatic rings. The molecule has 0 aliphatic heterocycles. The normalized spacial score (nSPS) is 21.8. The summed E-state index contributed by atoms with van der Waals surface area (Å²) in [7, 11) is 0. The van der Waals surface area contributed by atoms with Crippen molar-refractivity contribution in [2.24, 2.45) is 5.92 Å². The number of urea groups is 1. The van der Waals surface area contributed by atoms with E-state index in [0.29, 0.717) is 5.92 Å². The van der Waals surface area contributed by atoms with E-state index in [9.17, 15) is 9.59 Å². The highest BCUT2D eigenvalue weighted by atomic mass is 32.2. The Morgan fingerprint density at radius 1 is 1.43 bits per heavy atom. The molecule has 116 valence electrons. The van der Waals surface area contributed by atoms with Crippen LogP contribution in [-0.2, 0) is 4.79 Å². The summed E-state index contributed by atoms with van der Waals surface area (Å²) in [6.45, 7) is 4.06. The first-order chi connectivity index (χ1) is 10.0. The second-order valence-corrected chi connectivity index (χ2v) is 7.51. The predicted molar refractivity (Wildman–Crippen MR) is 85.7 cm³/mol. The van der Waals surface area contributed by atoms with Crippen molar-refractivity contribution in [3.8, 4) is 0 Å². The second kappa shape index (κ2) is 7.79. The molecule has 2 atom stereocenters. The van der Waals surface area contributed by atoms with Crippen LogP contribution in [0.25, 0.3) is 0 Å². The number of nitrogens with zero attached hydrogens (tertiary/aromatic N) is 1. The lowest BCUT2D eigenvalue weighted by molar-refractivity contribution is -0.117. The Balaban J connectivity index is 1.70. The highest BCUT2D eigenvalue weighted by Gasteiger charge is 2.23. The summed E-state index contributed by atoms with van der Waals surface area (Å²) in [5.41, 5.74) is 0.951. The molecular weight excluding hydrogens is 306 g/mol. The van der Waals surface area contributed by atoms with Crippen LogP contribution >= 0.6 is 23.1 Å². The van der Waals surface area contributed by atoms with Gasteiger partial charge in [0.15, 0.2) is 4.34 Å². The van der Waals surface area contributed by atoms with E-state index in [1.54, 1.807) is 0 Å². The fourth-order valence-corrected chi connectivity index (χ4v) is 4.07. The highest BCUT2D eigenvalue weighted by Crippen LogP contribution is 2.24. The number of imide groups is 1. The van der Waals surface area contributed by atoms with Gasteiger partial charge in [-0.25, -0.2) is 9.78 Å². The smallest absolute Gasteiger partial charge is 0.321 e. The molecule has 0 saturated heterocycles. The van der Waals surface area contributed by atoms with E-state index in [4.69, 9.17) is 0 Å². The summed E-state index contributed by atoms with van der Waals surface area (Å²) in [5.74, 6) is 0.404. The lowest BCUT2D eigenvalue weighted by atomic mass is 9.86. The minimum Gasteiger partial charge on any atom is -0.335 e. The molecule has 1 heterocycles. The molecule has 1 aliphatic rings. The largest absolute Gasteiger partial charge is 0.335 e. The molecule has 1 fully saturated rings. The molecule has 0 spiro atoms. The standard InChI is InChI=1S/C14H21N3O2S2/c1-9-5-3-4-6-11(9)16-13(19)17-12(18)8-21-14-15-10(2)7-20-14/h7,9,11H,3-6,8H2,1-2H3,(H2,16,17,18,19)/t9-,11-/m0/s1. The van der Waals surface area contributed by atoms with Crippen molar-refractivity contribution in [1.82, 2.24) is 15.6 Å². The van der Waals surface area contributed by atoms with Gasteiger partial charge in [-0.2, -0.15) is 0 Å². The maximum absolute atomic E-state index is 11.8. The van der Waals surface area contributed by atoms with Gasteiger partial charge in [0, 0.05) is 17.1 Å². The molecule has 7 heteroatoms. The Labute approximate surface area is 133 Å². The fraction of sp³-hybridized carbons (Fsp3) is 0.643. The summed E-state index contributed by atoms with van der Waals surface area (Å²) in [4.78, 5) is 27.8. The van der Waals surface area contributed by atoms with Crippen LogP contribution in [0.4, 0.5) is 4.79 Å². The molecule has 0 radical (unpaired) electrons. The highest BCUT2D eigenvalue weighted by molar-refractivity contribution is 8.01. The number of aryl methyl sites for hydroxylation is 1. The van der Waals surface area contributed by atoms with Crippen LogP contribution in [0.1, 0.15) is 38.3 Å². The van der Waals surface area contributed by atoms with Crippen LogP contribution in [0.15, 0.2) is 9.72 Å². The van der Waals surface area contributed by atoms with Crippen molar-refractivity contribution in [2.45, 2.75) is 49.9 Å². The van der Waals surface area contributed by atoms with Gasteiger partial charge < -0.3 is 5.32 Å². The third-order valence-electron chi connectivity index (χ3n) is 3.61. The Hall–Kier alpha value is -1.08. The number of carbonyl (C=O) groups excluding carboxylic acids is 2. The van der Waals surface area contributed by atoms with Gasteiger partial charge >= 0.3 is 6.03 Å². The molecule has 0 aromatic carbocycles. The van der Waals surface area contributed by atoms with Gasteiger partial charge in [0.2, 0.25) is 5.91 Å². The van der Waals surface area contributed by atoms with E-state index in [0.717, 1.165) is 29.3 Å². The molecule has 3 amide bonds. The van der Waals surface area contributed by atoms with Crippen molar-refractivity contribution >= 4 is 35.0 Å². The fourth-order valence-electron chi connectivity index (χ4n) is 2.42. The lowest BCUT2D eigenvalue weighted by Gasteiger charge is -2.29. The zero-order valence-electron chi connectivity index (χ0n) is 12.3. The summed E-state index contributed by atoms with van der Waals surface area (Å²) < 4.78 is 0.851. The second-order valence-electron chi connectivity index (χ2n) is 5.43. The van der Waals surface area contributed by atoms with Crippen LogP contribution < -0.4 is 10.6 Å². The van der Waals surface area contributed by atoms with Gasteiger partial charge in [-0.15, -0.1) is 11.3 Å². The number of rotatable bonds is 4. The summed E-state index contributed by atoms with van der Waals surface area (Å²) >= 11 is 2.86. The maximum Gasteiger partial charge on any atom is 0.321 e. The van der Waals surface area contributed by atoms with Crippen molar-refractivity contribution < 1.29 is 9.59 Å². The number of hydrogen-bond donors (Lipinski definition) is 2. The van der Waals surface area contributed by atoms with E-state index in [-0.39, 0.29) is 23.7 Å². The Bertz CT molecular complexity index is 504. The zero-order chi connectivity index (χ0) is 15.2. The van der Waals surface area contributed by atoms with Gasteiger partial charge in [0.1, 0.15) is 0 Å². The predicted octanol–water partition coefficient (Wildman–Crippen LogP) is 2.95. The summed E-state index contributed by atoms with van der Waals surface area (Å²) in [5, 5.41) is 7.24. The van der Waals surface area contributed by atoms with Crippen molar-refractivity contribution in [3.63, 3.8) is 0 Å². The Morgan fingerprint density at radius 3 is 2.86 bits per heavy atom. The van der Waals surface area contributed by atoms with Gasteiger partial charge in [-0.1, -0.05) is 31.5 Å². The van der Waals surface area contributed by atoms with Crippen molar-refractivity contribution in [2.75, 3.05) is 5.75 Å². The van der Waals surface area contributed by atoms with E-state index in [1.807, 2.05) is 12.3 Å². The number of thioether (sulfide) groups is 1. The van der Waals surface area contributed by atoms with Crippen LogP contribution in [0.3, 0.4) is 0 Å². The van der Waals surface area contributed by atoms with E-state index in [1.165, 1.54) is 29.5 Å². The molecule has 2 rings (SSSR count). The first-order valence-electron chi connectivity index (χ1n) is 7.20. The summed E-state index contributed by atoms with van der Waals surface area (Å²) in [6, 6.07) is -0.199. The molecule has 21 heavy (non-hydrogen) atoms. The minimum atomic E-state index is -0.380. The van der Waals surface area contributed by atoms with Crippen LogP contribution in [0, 0.1) is 12.8 Å². The van der Waals surface area contributed by atoms with E-state index >= 15 is 0 Å². The summed E-state index contributed by atoms with van der Waals surface area (Å²) in [6.07, 6.45) is 4.50. The third kappa shape index (κ3) is 5.32. The molecular formula is C14H21N3O2S2. The zero-order valence-corrected chi connectivity index (χ0v) is 14.0. The number of thiazole rings is 1. The lowest BCUT2D eigenvalue weighted by Crippen LogP contribution is -2.48. The molecule has 0 unspecified atom stereocenters. The quantitative estimate of drug-likeness (QED) is 0.834. The van der Waals surface area contributed by atoms with Crippen LogP contribution in [0.2, 0.25) is 0 Å². The van der Waals surface area contributed by atoms with Gasteiger partial charge in [0.25, 0.3) is 0 Å². The van der Waals surface area contributed by atoms with Gasteiger partial charge in [-0.3, -0.25) is 10.1 Å². The molecule has 1 aliphatic carbocycles. The first-order valence-corrected chi connectivity index (χ1v) is 9.06. The van der Waals surface area contributed by atoms with Gasteiger partial charge in [-0.05, 0) is 25.7 Å². The molecule has 0 bridgehead atoms. The number of amides is 3. The first kappa shape index (κ1) is 16.3. The average molecular weight is 327 g/mol. The monoisotopic (exact) mass is 327 g/mol. The third-order valence-corrected chi connectivity index (χ3v) is 5.74. The minimum absolute atomic E-state index is 0.181. The Morgan fingerprint density at radius 2 is 2.19 bits per heavy atom. The Kier molecular flexibility index (Phi) is 6.05. The molecule has 2 N–H and O–H groups in total. The topological polar surface area (TPSA) is 71.1 Å². The molecule has 1 aromatic heterocycles. The van der Waals surface area contributed by atoms with Crippen molar-refractivity contribution in [3.05, 3.63) is 11.1 Å². The van der Waals surface area contributed by atoms with E-state index in [2.05, 4.69) is 22.5 Å². The number of carbonyl (C=O) groups is 2. The maximum atomic E-state index is 11.8. The van der Waals surface area contributed by atoms with E-state index < -0.39 is 0 Å². The SMILES string of the molecule is Cc1csc(SCC(=O)NC(=O)N[C@H]2CCCC[C@@H]2C)n1. The number of aromatic nitrogens is 1. The van der Waals surface area contributed by atoms with Crippen LogP contribution in [-0.4, -0.2) is 28.7 Å². The molecule has 1 saturated carbocycles. The van der Waals surface area contributed by atoms with Crippen LogP contribution in [0.5, 0.6) is 0 Å².